The Morgan fingerprint density at radius 3 is 2.75 bits per heavy atom. The van der Waals surface area contributed by atoms with E-state index in [0.717, 1.165) is 24.8 Å². The van der Waals surface area contributed by atoms with Gasteiger partial charge in [-0.05, 0) is 54.5 Å². The molecule has 1 atom stereocenters. The maximum absolute atomic E-state index is 13.4. The van der Waals surface area contributed by atoms with Crippen molar-refractivity contribution in [3.63, 3.8) is 0 Å². The lowest BCUT2D eigenvalue weighted by atomic mass is 9.67. The fourth-order valence-corrected chi connectivity index (χ4v) is 3.45. The van der Waals surface area contributed by atoms with Crippen molar-refractivity contribution in [1.82, 2.24) is 0 Å². The van der Waals surface area contributed by atoms with Crippen LogP contribution in [0.5, 0.6) is 0 Å². The summed E-state index contributed by atoms with van der Waals surface area (Å²) in [5.41, 5.74) is 3.25. The van der Waals surface area contributed by atoms with Crippen LogP contribution in [-0.2, 0) is 18.3 Å². The number of benzene rings is 2. The maximum Gasteiger partial charge on any atom is 0.123 e. The lowest BCUT2D eigenvalue weighted by Gasteiger charge is -2.38. The van der Waals surface area contributed by atoms with Crippen LogP contribution in [-0.4, -0.2) is 11.7 Å². The van der Waals surface area contributed by atoms with E-state index >= 15 is 0 Å². The molecule has 1 aliphatic carbocycles. The second-order valence-electron chi connectivity index (χ2n) is 5.76. The number of aryl methyl sites for hydroxylation is 1. The van der Waals surface area contributed by atoms with Crippen LogP contribution in [0, 0.1) is 5.82 Å². The lowest BCUT2D eigenvalue weighted by molar-refractivity contribution is 0.173. The topological polar surface area (TPSA) is 20.2 Å². The van der Waals surface area contributed by atoms with Gasteiger partial charge in [0.15, 0.2) is 0 Å². The van der Waals surface area contributed by atoms with Crippen molar-refractivity contribution < 1.29 is 9.50 Å². The van der Waals surface area contributed by atoms with Crippen molar-refractivity contribution in [2.75, 3.05) is 6.61 Å². The molecule has 1 unspecified atom stereocenters. The Bertz CT molecular complexity index is 608. The summed E-state index contributed by atoms with van der Waals surface area (Å²) in [6.45, 7) is 0.112. The van der Waals surface area contributed by atoms with Gasteiger partial charge >= 0.3 is 0 Å². The molecule has 0 saturated heterocycles. The van der Waals surface area contributed by atoms with Crippen LogP contribution in [0.1, 0.15) is 29.5 Å². The van der Waals surface area contributed by atoms with Gasteiger partial charge in [-0.2, -0.15) is 0 Å². The second kappa shape index (κ2) is 5.37. The summed E-state index contributed by atoms with van der Waals surface area (Å²) in [4.78, 5) is 0. The molecule has 2 heteroatoms. The quantitative estimate of drug-likeness (QED) is 0.903. The number of hydrogen-bond donors (Lipinski definition) is 1. The minimum Gasteiger partial charge on any atom is -0.395 e. The molecule has 0 saturated carbocycles. The van der Waals surface area contributed by atoms with Gasteiger partial charge in [0.25, 0.3) is 0 Å². The summed E-state index contributed by atoms with van der Waals surface area (Å²) in [5, 5.41) is 10.0. The highest BCUT2D eigenvalue weighted by molar-refractivity contribution is 5.39. The minimum atomic E-state index is -0.261. The highest BCUT2D eigenvalue weighted by Crippen LogP contribution is 2.39. The van der Waals surface area contributed by atoms with Crippen molar-refractivity contribution in [1.29, 1.82) is 0 Å². The zero-order chi connectivity index (χ0) is 14.0. The van der Waals surface area contributed by atoms with E-state index in [4.69, 9.17) is 0 Å². The van der Waals surface area contributed by atoms with Gasteiger partial charge in [0.1, 0.15) is 5.82 Å². The van der Waals surface area contributed by atoms with Crippen LogP contribution in [0.15, 0.2) is 48.5 Å². The molecule has 0 spiro atoms. The number of aliphatic hydroxyl groups excluding tert-OH is 1. The third kappa shape index (κ3) is 2.36. The molecule has 0 radical (unpaired) electrons. The summed E-state index contributed by atoms with van der Waals surface area (Å²) in [5.74, 6) is -0.209. The van der Waals surface area contributed by atoms with Gasteiger partial charge in [0.2, 0.25) is 0 Å². The molecular weight excluding hydrogens is 251 g/mol. The van der Waals surface area contributed by atoms with Gasteiger partial charge in [0, 0.05) is 5.41 Å². The molecule has 1 nitrogen and oxygen atoms in total. The zero-order valence-electron chi connectivity index (χ0n) is 11.5. The molecule has 0 bridgehead atoms. The van der Waals surface area contributed by atoms with Gasteiger partial charge < -0.3 is 5.11 Å². The molecule has 2 aromatic carbocycles. The van der Waals surface area contributed by atoms with Crippen LogP contribution < -0.4 is 0 Å². The third-order valence-electron chi connectivity index (χ3n) is 4.42. The fourth-order valence-electron chi connectivity index (χ4n) is 3.45. The first-order valence-electron chi connectivity index (χ1n) is 7.17. The van der Waals surface area contributed by atoms with E-state index < -0.39 is 0 Å². The maximum atomic E-state index is 13.4. The van der Waals surface area contributed by atoms with Gasteiger partial charge in [-0.1, -0.05) is 36.4 Å². The number of fused-ring (bicyclic) bond motifs is 1. The number of aliphatic hydroxyl groups is 1. The average molecular weight is 270 g/mol. The van der Waals surface area contributed by atoms with Crippen molar-refractivity contribution in [2.24, 2.45) is 0 Å². The van der Waals surface area contributed by atoms with E-state index in [1.54, 1.807) is 12.1 Å². The zero-order valence-corrected chi connectivity index (χ0v) is 11.5. The van der Waals surface area contributed by atoms with Crippen LogP contribution >= 0.6 is 0 Å². The number of rotatable bonds is 3. The van der Waals surface area contributed by atoms with E-state index in [0.29, 0.717) is 6.42 Å². The van der Waals surface area contributed by atoms with E-state index in [-0.39, 0.29) is 17.8 Å². The van der Waals surface area contributed by atoms with Crippen LogP contribution in [0.2, 0.25) is 0 Å². The number of hydrogen-bond acceptors (Lipinski definition) is 1. The molecule has 0 aromatic heterocycles. The molecular formula is C18H19FO. The molecule has 0 aliphatic heterocycles. The molecule has 2 aromatic rings. The summed E-state index contributed by atoms with van der Waals surface area (Å²) in [7, 11) is 0. The number of halogens is 1. The van der Waals surface area contributed by atoms with Gasteiger partial charge in [-0.3, -0.25) is 0 Å². The smallest absolute Gasteiger partial charge is 0.123 e. The lowest BCUT2D eigenvalue weighted by Crippen LogP contribution is -2.37. The highest BCUT2D eigenvalue weighted by atomic mass is 19.1. The Morgan fingerprint density at radius 2 is 1.95 bits per heavy atom. The molecule has 3 rings (SSSR count). The van der Waals surface area contributed by atoms with Crippen molar-refractivity contribution in [2.45, 2.75) is 31.1 Å². The molecule has 104 valence electrons. The summed E-state index contributed by atoms with van der Waals surface area (Å²) in [6.07, 6.45) is 3.79. The molecule has 20 heavy (non-hydrogen) atoms. The predicted molar refractivity (Wildman–Crippen MR) is 78.2 cm³/mol. The molecule has 0 fully saturated rings. The Hall–Kier alpha value is -1.67. The predicted octanol–water partition coefficient (Wildman–Crippen LogP) is 3.63. The van der Waals surface area contributed by atoms with E-state index in [2.05, 4.69) is 18.2 Å². The van der Waals surface area contributed by atoms with Crippen molar-refractivity contribution in [3.05, 3.63) is 71.0 Å². The second-order valence-corrected chi connectivity index (χ2v) is 5.76. The summed E-state index contributed by atoms with van der Waals surface area (Å²) in [6, 6.07) is 15.1. The van der Waals surface area contributed by atoms with E-state index in [9.17, 15) is 9.50 Å². The molecule has 0 heterocycles. The SMILES string of the molecule is OCC1(Cc2cccc(F)c2)CCCc2ccccc21. The summed E-state index contributed by atoms with van der Waals surface area (Å²) < 4.78 is 13.4. The van der Waals surface area contributed by atoms with Crippen LogP contribution in [0.4, 0.5) is 4.39 Å². The van der Waals surface area contributed by atoms with Crippen LogP contribution in [0.3, 0.4) is 0 Å². The molecule has 0 amide bonds. The van der Waals surface area contributed by atoms with Crippen LogP contribution in [0.25, 0.3) is 0 Å². The Labute approximate surface area is 119 Å². The van der Waals surface area contributed by atoms with Crippen molar-refractivity contribution >= 4 is 0 Å². The monoisotopic (exact) mass is 270 g/mol. The van der Waals surface area contributed by atoms with Gasteiger partial charge in [0.05, 0.1) is 6.61 Å². The van der Waals surface area contributed by atoms with Gasteiger partial charge in [-0.15, -0.1) is 0 Å². The van der Waals surface area contributed by atoms with Crippen molar-refractivity contribution in [3.8, 4) is 0 Å². The standard InChI is InChI=1S/C18H19FO/c19-16-8-3-5-14(11-16)12-18(13-20)10-4-7-15-6-1-2-9-17(15)18/h1-3,5-6,8-9,11,20H,4,7,10,12-13H2. The normalized spacial score (nSPS) is 21.5. The Kier molecular flexibility index (Phi) is 3.58. The van der Waals surface area contributed by atoms with Gasteiger partial charge in [-0.25, -0.2) is 4.39 Å². The Morgan fingerprint density at radius 1 is 1.10 bits per heavy atom. The first-order chi connectivity index (χ1) is 9.73. The van der Waals surface area contributed by atoms with E-state index in [1.807, 2.05) is 12.1 Å². The molecule has 1 N–H and O–H groups in total. The minimum absolute atomic E-state index is 0.112. The first kappa shape index (κ1) is 13.3. The van der Waals surface area contributed by atoms with E-state index in [1.165, 1.54) is 17.2 Å². The highest BCUT2D eigenvalue weighted by Gasteiger charge is 2.35. The summed E-state index contributed by atoms with van der Waals surface area (Å²) >= 11 is 0. The average Bonchev–Trinajstić information content (AvgIpc) is 2.47. The molecule has 1 aliphatic rings. The fraction of sp³-hybridized carbons (Fsp3) is 0.333. The first-order valence-corrected chi connectivity index (χ1v) is 7.17. The Balaban J connectivity index is 2.00. The third-order valence-corrected chi connectivity index (χ3v) is 4.42. The largest absolute Gasteiger partial charge is 0.395 e.